The second kappa shape index (κ2) is 6.39. The maximum atomic E-state index is 12.0. The Balaban J connectivity index is 1.93. The molecule has 2 aromatic rings. The zero-order chi connectivity index (χ0) is 13.7. The fourth-order valence-corrected chi connectivity index (χ4v) is 2.05. The lowest BCUT2D eigenvalue weighted by Crippen LogP contribution is -2.34. The van der Waals surface area contributed by atoms with Crippen LogP contribution in [0.1, 0.15) is 22.8 Å². The highest BCUT2D eigenvalue weighted by Gasteiger charge is 2.09. The van der Waals surface area contributed by atoms with Crippen molar-refractivity contribution in [1.29, 1.82) is 0 Å². The van der Waals surface area contributed by atoms with Gasteiger partial charge in [0.15, 0.2) is 0 Å². The van der Waals surface area contributed by atoms with E-state index in [-0.39, 0.29) is 11.9 Å². The van der Waals surface area contributed by atoms with Gasteiger partial charge < -0.3 is 5.32 Å². The van der Waals surface area contributed by atoms with Gasteiger partial charge >= 0.3 is 0 Å². The van der Waals surface area contributed by atoms with Crippen LogP contribution in [0, 0.1) is 0 Å². The topological polar surface area (TPSA) is 29.1 Å². The Labute approximate surface area is 118 Å². The van der Waals surface area contributed by atoms with Crippen molar-refractivity contribution in [3.63, 3.8) is 0 Å². The SMILES string of the molecule is C[C@H](Cc1ccccc1)NC(=O)c1ccc(Cl)cc1. The first-order valence-electron chi connectivity index (χ1n) is 6.25. The van der Waals surface area contributed by atoms with Gasteiger partial charge in [-0.1, -0.05) is 41.9 Å². The molecule has 0 bridgehead atoms. The lowest BCUT2D eigenvalue weighted by molar-refractivity contribution is 0.0940. The number of hydrogen-bond donors (Lipinski definition) is 1. The molecule has 1 N–H and O–H groups in total. The first-order valence-corrected chi connectivity index (χ1v) is 6.63. The molecule has 0 aromatic heterocycles. The molecule has 3 heteroatoms. The monoisotopic (exact) mass is 273 g/mol. The highest BCUT2D eigenvalue weighted by atomic mass is 35.5. The summed E-state index contributed by atoms with van der Waals surface area (Å²) in [5.74, 6) is -0.0694. The van der Waals surface area contributed by atoms with Crippen molar-refractivity contribution < 1.29 is 4.79 Å². The number of rotatable bonds is 4. The average Bonchev–Trinajstić information content (AvgIpc) is 2.40. The van der Waals surface area contributed by atoms with E-state index < -0.39 is 0 Å². The largest absolute Gasteiger partial charge is 0.349 e. The van der Waals surface area contributed by atoms with E-state index in [2.05, 4.69) is 17.4 Å². The number of hydrogen-bond acceptors (Lipinski definition) is 1. The number of nitrogens with one attached hydrogen (secondary N) is 1. The molecule has 0 saturated heterocycles. The molecule has 1 amide bonds. The van der Waals surface area contributed by atoms with Gasteiger partial charge in [0.2, 0.25) is 0 Å². The van der Waals surface area contributed by atoms with Crippen LogP contribution in [0.3, 0.4) is 0 Å². The number of carbonyl (C=O) groups is 1. The standard InChI is InChI=1S/C16H16ClNO/c1-12(11-13-5-3-2-4-6-13)18-16(19)14-7-9-15(17)10-8-14/h2-10,12H,11H2,1H3,(H,18,19)/t12-/m1/s1. The van der Waals surface area contributed by atoms with Gasteiger partial charge in [-0.2, -0.15) is 0 Å². The lowest BCUT2D eigenvalue weighted by Gasteiger charge is -2.14. The summed E-state index contributed by atoms with van der Waals surface area (Å²) in [4.78, 5) is 12.0. The number of halogens is 1. The summed E-state index contributed by atoms with van der Waals surface area (Å²) in [5.41, 5.74) is 1.84. The first kappa shape index (κ1) is 13.6. The van der Waals surface area contributed by atoms with Crippen molar-refractivity contribution in [2.24, 2.45) is 0 Å². The fourth-order valence-electron chi connectivity index (χ4n) is 1.93. The van der Waals surface area contributed by atoms with Gasteiger partial charge in [-0.15, -0.1) is 0 Å². The first-order chi connectivity index (χ1) is 9.15. The zero-order valence-corrected chi connectivity index (χ0v) is 11.5. The maximum Gasteiger partial charge on any atom is 0.251 e. The predicted octanol–water partition coefficient (Wildman–Crippen LogP) is 3.70. The van der Waals surface area contributed by atoms with Gasteiger partial charge in [-0.25, -0.2) is 0 Å². The van der Waals surface area contributed by atoms with Crippen LogP contribution in [0.2, 0.25) is 5.02 Å². The maximum absolute atomic E-state index is 12.0. The smallest absolute Gasteiger partial charge is 0.251 e. The average molecular weight is 274 g/mol. The second-order valence-electron chi connectivity index (χ2n) is 4.57. The molecule has 1 atom stereocenters. The number of benzene rings is 2. The normalized spacial score (nSPS) is 11.9. The third-order valence-corrected chi connectivity index (χ3v) is 3.12. The molecule has 2 rings (SSSR count). The van der Waals surface area contributed by atoms with E-state index in [9.17, 15) is 4.79 Å². The minimum absolute atomic E-state index is 0.0694. The minimum Gasteiger partial charge on any atom is -0.349 e. The molecule has 0 spiro atoms. The molecule has 0 radical (unpaired) electrons. The van der Waals surface area contributed by atoms with Gasteiger partial charge in [-0.3, -0.25) is 4.79 Å². The summed E-state index contributed by atoms with van der Waals surface area (Å²) in [6.45, 7) is 2.00. The summed E-state index contributed by atoms with van der Waals surface area (Å²) < 4.78 is 0. The molecule has 2 nitrogen and oxygen atoms in total. The van der Waals surface area contributed by atoms with Gasteiger partial charge in [0.05, 0.1) is 0 Å². The molecule has 2 aromatic carbocycles. The highest BCUT2D eigenvalue weighted by Crippen LogP contribution is 2.10. The molecular weight excluding hydrogens is 258 g/mol. The van der Waals surface area contributed by atoms with Gasteiger partial charge in [0.25, 0.3) is 5.91 Å². The van der Waals surface area contributed by atoms with Crippen LogP contribution >= 0.6 is 11.6 Å². The molecule has 0 aliphatic heterocycles. The summed E-state index contributed by atoms with van der Waals surface area (Å²) in [7, 11) is 0. The Kier molecular flexibility index (Phi) is 4.58. The van der Waals surface area contributed by atoms with E-state index in [1.807, 2.05) is 25.1 Å². The zero-order valence-electron chi connectivity index (χ0n) is 10.8. The van der Waals surface area contributed by atoms with E-state index in [0.29, 0.717) is 10.6 Å². The van der Waals surface area contributed by atoms with Crippen LogP contribution in [0.15, 0.2) is 54.6 Å². The number of carbonyl (C=O) groups excluding carboxylic acids is 1. The van der Waals surface area contributed by atoms with Crippen molar-refractivity contribution in [2.45, 2.75) is 19.4 Å². The molecule has 0 aliphatic carbocycles. The molecule has 0 saturated carbocycles. The van der Waals surface area contributed by atoms with Gasteiger partial charge in [0.1, 0.15) is 0 Å². The summed E-state index contributed by atoms with van der Waals surface area (Å²) in [5, 5.41) is 3.62. The van der Waals surface area contributed by atoms with Crippen LogP contribution in [-0.4, -0.2) is 11.9 Å². The predicted molar refractivity (Wildman–Crippen MR) is 78.5 cm³/mol. The molecule has 0 unspecified atom stereocenters. The summed E-state index contributed by atoms with van der Waals surface area (Å²) in [6, 6.07) is 17.1. The fraction of sp³-hybridized carbons (Fsp3) is 0.188. The van der Waals surface area contributed by atoms with Crippen LogP contribution < -0.4 is 5.32 Å². The third kappa shape index (κ3) is 4.11. The molecule has 19 heavy (non-hydrogen) atoms. The van der Waals surface area contributed by atoms with Crippen LogP contribution in [0.4, 0.5) is 0 Å². The van der Waals surface area contributed by atoms with Crippen molar-refractivity contribution >= 4 is 17.5 Å². The summed E-state index contributed by atoms with van der Waals surface area (Å²) >= 11 is 5.80. The summed E-state index contributed by atoms with van der Waals surface area (Å²) in [6.07, 6.45) is 0.820. The second-order valence-corrected chi connectivity index (χ2v) is 5.01. The third-order valence-electron chi connectivity index (χ3n) is 2.87. The Morgan fingerprint density at radius 2 is 1.74 bits per heavy atom. The molecule has 0 heterocycles. The van der Waals surface area contributed by atoms with E-state index in [1.54, 1.807) is 24.3 Å². The van der Waals surface area contributed by atoms with Crippen LogP contribution in [-0.2, 0) is 6.42 Å². The van der Waals surface area contributed by atoms with Crippen LogP contribution in [0.25, 0.3) is 0 Å². The quantitative estimate of drug-likeness (QED) is 0.904. The van der Waals surface area contributed by atoms with Crippen molar-refractivity contribution in [3.05, 3.63) is 70.7 Å². The van der Waals surface area contributed by atoms with Crippen molar-refractivity contribution in [3.8, 4) is 0 Å². The lowest BCUT2D eigenvalue weighted by atomic mass is 10.1. The molecular formula is C16H16ClNO. The van der Waals surface area contributed by atoms with E-state index in [4.69, 9.17) is 11.6 Å². The van der Waals surface area contributed by atoms with E-state index in [1.165, 1.54) is 5.56 Å². The molecule has 0 aliphatic rings. The Hall–Kier alpha value is -1.80. The van der Waals surface area contributed by atoms with Crippen molar-refractivity contribution in [2.75, 3.05) is 0 Å². The molecule has 98 valence electrons. The molecule has 0 fully saturated rings. The van der Waals surface area contributed by atoms with Crippen LogP contribution in [0.5, 0.6) is 0 Å². The Bertz CT molecular complexity index is 536. The Morgan fingerprint density at radius 3 is 2.37 bits per heavy atom. The highest BCUT2D eigenvalue weighted by molar-refractivity contribution is 6.30. The van der Waals surface area contributed by atoms with E-state index in [0.717, 1.165) is 6.42 Å². The van der Waals surface area contributed by atoms with Crippen molar-refractivity contribution in [1.82, 2.24) is 5.32 Å². The Morgan fingerprint density at radius 1 is 1.11 bits per heavy atom. The van der Waals surface area contributed by atoms with E-state index >= 15 is 0 Å². The number of amides is 1. The minimum atomic E-state index is -0.0694. The van der Waals surface area contributed by atoms with Gasteiger partial charge in [-0.05, 0) is 43.2 Å². The van der Waals surface area contributed by atoms with Gasteiger partial charge in [0, 0.05) is 16.6 Å².